The number of anilines is 1. The molecule has 0 aliphatic heterocycles. The van der Waals surface area contributed by atoms with Crippen molar-refractivity contribution in [1.82, 2.24) is 30.0 Å². The first-order valence-corrected chi connectivity index (χ1v) is 5.09. The van der Waals surface area contributed by atoms with Crippen molar-refractivity contribution in [2.45, 2.75) is 6.42 Å². The van der Waals surface area contributed by atoms with E-state index < -0.39 is 0 Å². The molecule has 2 aromatic heterocycles. The first kappa shape index (κ1) is 11.1. The minimum absolute atomic E-state index is 0.0549. The summed E-state index contributed by atoms with van der Waals surface area (Å²) in [6.45, 7) is 0.476. The molecule has 0 saturated carbocycles. The number of hydrogen-bond acceptors (Lipinski definition) is 5. The van der Waals surface area contributed by atoms with Gasteiger partial charge in [-0.1, -0.05) is 0 Å². The van der Waals surface area contributed by atoms with Crippen LogP contribution in [-0.4, -0.2) is 37.2 Å². The second-order valence-electron chi connectivity index (χ2n) is 3.50. The summed E-state index contributed by atoms with van der Waals surface area (Å²) in [4.78, 5) is 19.4. The quantitative estimate of drug-likeness (QED) is 0.635. The maximum atomic E-state index is 11.5. The number of nitrogens with zero attached hydrogens (tertiary/aromatic N) is 4. The van der Waals surface area contributed by atoms with Crippen LogP contribution in [0.5, 0.6) is 0 Å². The molecule has 0 aliphatic carbocycles. The molecule has 0 fully saturated rings. The zero-order valence-corrected chi connectivity index (χ0v) is 9.34. The SMILES string of the molecule is Cn1ccnc1CCNC(=O)c1nc(N)n[nH]1. The van der Waals surface area contributed by atoms with Crippen molar-refractivity contribution in [3.05, 3.63) is 24.0 Å². The molecule has 17 heavy (non-hydrogen) atoms. The minimum atomic E-state index is -0.330. The molecule has 2 aromatic rings. The molecule has 0 saturated heterocycles. The van der Waals surface area contributed by atoms with Crippen LogP contribution >= 0.6 is 0 Å². The van der Waals surface area contributed by atoms with Gasteiger partial charge >= 0.3 is 0 Å². The van der Waals surface area contributed by atoms with Crippen molar-refractivity contribution in [3.8, 4) is 0 Å². The predicted octanol–water partition coefficient (Wildman–Crippen LogP) is -0.907. The fourth-order valence-corrected chi connectivity index (χ4v) is 1.39. The van der Waals surface area contributed by atoms with Crippen molar-refractivity contribution in [1.29, 1.82) is 0 Å². The standard InChI is InChI=1S/C9H13N7O/c1-16-5-4-11-6(16)2-3-12-8(17)7-13-9(10)15-14-7/h4-5H,2-3H2,1H3,(H,12,17)(H3,10,13,14,15). The smallest absolute Gasteiger partial charge is 0.288 e. The Balaban J connectivity index is 1.83. The number of nitrogen functional groups attached to an aromatic ring is 1. The van der Waals surface area contributed by atoms with Crippen LogP contribution in [0, 0.1) is 0 Å². The number of amides is 1. The first-order chi connectivity index (χ1) is 8.16. The summed E-state index contributed by atoms with van der Waals surface area (Å²) in [5, 5.41) is 8.71. The van der Waals surface area contributed by atoms with Gasteiger partial charge in [-0.2, -0.15) is 4.98 Å². The van der Waals surface area contributed by atoms with Gasteiger partial charge in [0.15, 0.2) is 0 Å². The minimum Gasteiger partial charge on any atom is -0.366 e. The van der Waals surface area contributed by atoms with Crippen LogP contribution in [0.3, 0.4) is 0 Å². The van der Waals surface area contributed by atoms with E-state index in [1.807, 2.05) is 17.8 Å². The maximum absolute atomic E-state index is 11.5. The highest BCUT2D eigenvalue weighted by Crippen LogP contribution is 1.95. The Morgan fingerprint density at radius 1 is 1.65 bits per heavy atom. The van der Waals surface area contributed by atoms with Gasteiger partial charge < -0.3 is 15.6 Å². The van der Waals surface area contributed by atoms with E-state index in [1.165, 1.54) is 0 Å². The van der Waals surface area contributed by atoms with Crippen LogP contribution in [0.1, 0.15) is 16.4 Å². The molecule has 2 rings (SSSR count). The van der Waals surface area contributed by atoms with Gasteiger partial charge in [0.25, 0.3) is 5.91 Å². The third-order valence-corrected chi connectivity index (χ3v) is 2.27. The van der Waals surface area contributed by atoms with Crippen molar-refractivity contribution in [2.24, 2.45) is 7.05 Å². The third-order valence-electron chi connectivity index (χ3n) is 2.27. The number of carbonyl (C=O) groups is 1. The van der Waals surface area contributed by atoms with Crippen molar-refractivity contribution in [2.75, 3.05) is 12.3 Å². The third kappa shape index (κ3) is 2.60. The molecule has 0 bridgehead atoms. The Morgan fingerprint density at radius 2 is 2.47 bits per heavy atom. The van der Waals surface area contributed by atoms with Gasteiger partial charge in [-0.3, -0.25) is 9.89 Å². The number of hydrogen-bond donors (Lipinski definition) is 3. The Hall–Kier alpha value is -2.38. The number of aromatic amines is 1. The molecule has 4 N–H and O–H groups in total. The van der Waals surface area contributed by atoms with E-state index in [0.717, 1.165) is 5.82 Å². The summed E-state index contributed by atoms with van der Waals surface area (Å²) in [7, 11) is 1.90. The second kappa shape index (κ2) is 4.64. The summed E-state index contributed by atoms with van der Waals surface area (Å²) < 4.78 is 1.90. The molecule has 0 spiro atoms. The topological polar surface area (TPSA) is 115 Å². The van der Waals surface area contributed by atoms with Crippen molar-refractivity contribution in [3.63, 3.8) is 0 Å². The van der Waals surface area contributed by atoms with E-state index in [4.69, 9.17) is 5.73 Å². The molecule has 0 aliphatic rings. The van der Waals surface area contributed by atoms with E-state index in [2.05, 4.69) is 25.5 Å². The molecule has 1 amide bonds. The lowest BCUT2D eigenvalue weighted by Crippen LogP contribution is -2.27. The summed E-state index contributed by atoms with van der Waals surface area (Å²) in [5.74, 6) is 0.743. The lowest BCUT2D eigenvalue weighted by atomic mass is 10.4. The Morgan fingerprint density at radius 3 is 3.06 bits per heavy atom. The number of aromatic nitrogens is 5. The van der Waals surface area contributed by atoms with Crippen molar-refractivity contribution >= 4 is 11.9 Å². The van der Waals surface area contributed by atoms with E-state index in [0.29, 0.717) is 13.0 Å². The van der Waals surface area contributed by atoms with Gasteiger partial charge in [0.2, 0.25) is 11.8 Å². The van der Waals surface area contributed by atoms with Crippen LogP contribution < -0.4 is 11.1 Å². The number of rotatable bonds is 4. The van der Waals surface area contributed by atoms with Crippen LogP contribution in [0.4, 0.5) is 5.95 Å². The van der Waals surface area contributed by atoms with E-state index in [9.17, 15) is 4.79 Å². The zero-order chi connectivity index (χ0) is 12.3. The molecular formula is C9H13N7O. The number of nitrogens with one attached hydrogen (secondary N) is 2. The fourth-order valence-electron chi connectivity index (χ4n) is 1.39. The maximum Gasteiger partial charge on any atom is 0.288 e. The summed E-state index contributed by atoms with van der Waals surface area (Å²) in [6.07, 6.45) is 4.22. The number of H-pyrrole nitrogens is 1. The highest BCUT2D eigenvalue weighted by molar-refractivity contribution is 5.90. The molecule has 90 valence electrons. The molecule has 0 radical (unpaired) electrons. The lowest BCUT2D eigenvalue weighted by molar-refractivity contribution is 0.0944. The van der Waals surface area contributed by atoms with Gasteiger partial charge in [0, 0.05) is 32.4 Å². The molecule has 0 atom stereocenters. The number of aryl methyl sites for hydroxylation is 1. The summed E-state index contributed by atoms with van der Waals surface area (Å²) in [6, 6.07) is 0. The average Bonchev–Trinajstić information content (AvgIpc) is 2.88. The van der Waals surface area contributed by atoms with Crippen LogP contribution in [-0.2, 0) is 13.5 Å². The summed E-state index contributed by atoms with van der Waals surface area (Å²) in [5.41, 5.74) is 5.30. The van der Waals surface area contributed by atoms with Gasteiger partial charge in [-0.15, -0.1) is 5.10 Å². The zero-order valence-electron chi connectivity index (χ0n) is 9.34. The molecule has 2 heterocycles. The van der Waals surface area contributed by atoms with Crippen LogP contribution in [0.2, 0.25) is 0 Å². The number of carbonyl (C=O) groups excluding carboxylic acids is 1. The summed E-state index contributed by atoms with van der Waals surface area (Å²) >= 11 is 0. The van der Waals surface area contributed by atoms with Crippen molar-refractivity contribution < 1.29 is 4.79 Å². The van der Waals surface area contributed by atoms with Gasteiger partial charge in [0.05, 0.1) is 0 Å². The molecule has 8 nitrogen and oxygen atoms in total. The number of nitrogens with two attached hydrogens (primary N) is 1. The highest BCUT2D eigenvalue weighted by atomic mass is 16.2. The Kier molecular flexibility index (Phi) is 3.03. The number of imidazole rings is 1. The van der Waals surface area contributed by atoms with E-state index in [-0.39, 0.29) is 17.7 Å². The highest BCUT2D eigenvalue weighted by Gasteiger charge is 2.10. The van der Waals surface area contributed by atoms with Crippen LogP contribution in [0.15, 0.2) is 12.4 Å². The monoisotopic (exact) mass is 235 g/mol. The largest absolute Gasteiger partial charge is 0.366 e. The molecule has 0 unspecified atom stereocenters. The Bertz CT molecular complexity index is 515. The first-order valence-electron chi connectivity index (χ1n) is 5.09. The van der Waals surface area contributed by atoms with E-state index in [1.54, 1.807) is 6.20 Å². The molecule has 8 heteroatoms. The molecule has 0 aromatic carbocycles. The Labute approximate surface area is 97.3 Å². The second-order valence-corrected chi connectivity index (χ2v) is 3.50. The van der Waals surface area contributed by atoms with Gasteiger partial charge in [-0.25, -0.2) is 4.98 Å². The lowest BCUT2D eigenvalue weighted by Gasteiger charge is -2.03. The van der Waals surface area contributed by atoms with E-state index >= 15 is 0 Å². The van der Waals surface area contributed by atoms with Gasteiger partial charge in [0.1, 0.15) is 5.82 Å². The van der Waals surface area contributed by atoms with Gasteiger partial charge in [-0.05, 0) is 0 Å². The fraction of sp³-hybridized carbons (Fsp3) is 0.333. The normalized spacial score (nSPS) is 10.4. The predicted molar refractivity (Wildman–Crippen MR) is 60.0 cm³/mol. The molecular weight excluding hydrogens is 222 g/mol. The van der Waals surface area contributed by atoms with Crippen LogP contribution in [0.25, 0.3) is 0 Å². The average molecular weight is 235 g/mol.